The van der Waals surface area contributed by atoms with Crippen LogP contribution in [0.2, 0.25) is 0 Å². The van der Waals surface area contributed by atoms with Crippen LogP contribution >= 0.6 is 0 Å². The first-order valence-corrected chi connectivity index (χ1v) is 6.70. The number of carbonyl (C=O) groups is 1. The third kappa shape index (κ3) is 2.46. The Morgan fingerprint density at radius 3 is 2.25 bits per heavy atom. The van der Waals surface area contributed by atoms with Crippen molar-refractivity contribution in [3.8, 4) is 0 Å². The first kappa shape index (κ1) is 15.0. The average Bonchev–Trinajstić information content (AvgIpc) is 2.88. The van der Waals surface area contributed by atoms with Gasteiger partial charge in [-0.05, 0) is 24.4 Å². The predicted octanol–water partition coefficient (Wildman–Crippen LogP) is 3.53. The molecule has 0 radical (unpaired) electrons. The van der Waals surface area contributed by atoms with E-state index in [1.807, 2.05) is 13.8 Å². The molecule has 0 spiro atoms. The van der Waals surface area contributed by atoms with E-state index in [1.54, 1.807) is 12.1 Å². The van der Waals surface area contributed by atoms with E-state index in [1.165, 1.54) is 12.1 Å². The van der Waals surface area contributed by atoms with Gasteiger partial charge in [-0.1, -0.05) is 38.1 Å². The highest BCUT2D eigenvalue weighted by Gasteiger charge is 2.61. The van der Waals surface area contributed by atoms with Crippen LogP contribution in [-0.4, -0.2) is 25.0 Å². The lowest BCUT2D eigenvalue weighted by Gasteiger charge is -2.29. The van der Waals surface area contributed by atoms with Gasteiger partial charge in [-0.3, -0.25) is 4.79 Å². The highest BCUT2D eigenvalue weighted by Crippen LogP contribution is 2.45. The second-order valence-corrected chi connectivity index (χ2v) is 5.61. The summed E-state index contributed by atoms with van der Waals surface area (Å²) >= 11 is 0. The van der Waals surface area contributed by atoms with Crippen LogP contribution in [0.5, 0.6) is 0 Å². The van der Waals surface area contributed by atoms with Crippen LogP contribution in [0.1, 0.15) is 42.1 Å². The molecule has 2 nitrogen and oxygen atoms in total. The molecule has 1 aromatic rings. The minimum atomic E-state index is -4.52. The summed E-state index contributed by atoms with van der Waals surface area (Å²) in [6.45, 7) is 3.88. The van der Waals surface area contributed by atoms with Crippen LogP contribution in [-0.2, 0) is 0 Å². The monoisotopic (exact) mass is 285 g/mol. The van der Waals surface area contributed by atoms with Crippen molar-refractivity contribution < 1.29 is 18.0 Å². The molecule has 1 aliphatic rings. The van der Waals surface area contributed by atoms with Crippen molar-refractivity contribution >= 4 is 5.78 Å². The number of Topliss-reactive ketones (excluding diaryl/α,β-unsaturated/α-hetero) is 1. The number of hydrogen-bond donors (Lipinski definition) is 1. The molecule has 1 fully saturated rings. The van der Waals surface area contributed by atoms with Gasteiger partial charge < -0.3 is 5.32 Å². The standard InChI is InChI=1S/C15H18F3NO/c1-10(2)11-3-5-12(6-4-11)13(20)14(15(16,17)18)7-8-19-9-14/h3-6,10,19H,7-9H2,1-2H3. The van der Waals surface area contributed by atoms with Gasteiger partial charge in [0.1, 0.15) is 5.41 Å². The van der Waals surface area contributed by atoms with E-state index in [0.717, 1.165) is 5.56 Å². The normalized spacial score (nSPS) is 23.3. The molecule has 1 aromatic carbocycles. The molecular formula is C15H18F3NO. The zero-order valence-electron chi connectivity index (χ0n) is 11.6. The van der Waals surface area contributed by atoms with Crippen LogP contribution in [0.3, 0.4) is 0 Å². The van der Waals surface area contributed by atoms with E-state index in [0.29, 0.717) is 0 Å². The first-order valence-electron chi connectivity index (χ1n) is 6.70. The number of nitrogens with one attached hydrogen (secondary N) is 1. The molecule has 0 bridgehead atoms. The smallest absolute Gasteiger partial charge is 0.315 e. The first-order chi connectivity index (χ1) is 9.28. The van der Waals surface area contributed by atoms with Crippen LogP contribution < -0.4 is 5.32 Å². The lowest BCUT2D eigenvalue weighted by molar-refractivity contribution is -0.197. The van der Waals surface area contributed by atoms with Crippen LogP contribution in [0.25, 0.3) is 0 Å². The molecule has 20 heavy (non-hydrogen) atoms. The van der Waals surface area contributed by atoms with Gasteiger partial charge in [-0.15, -0.1) is 0 Å². The molecule has 1 unspecified atom stereocenters. The summed E-state index contributed by atoms with van der Waals surface area (Å²) in [5.74, 6) is -0.547. The van der Waals surface area contributed by atoms with Crippen LogP contribution in [0.4, 0.5) is 13.2 Å². The number of rotatable bonds is 3. The third-order valence-electron chi connectivity index (χ3n) is 3.97. The molecule has 0 amide bonds. The zero-order chi connectivity index (χ0) is 15.0. The maximum atomic E-state index is 13.3. The molecule has 0 saturated carbocycles. The Hall–Kier alpha value is -1.36. The quantitative estimate of drug-likeness (QED) is 0.861. The van der Waals surface area contributed by atoms with E-state index in [4.69, 9.17) is 0 Å². The predicted molar refractivity (Wildman–Crippen MR) is 70.8 cm³/mol. The van der Waals surface area contributed by atoms with Gasteiger partial charge in [0, 0.05) is 12.1 Å². The summed E-state index contributed by atoms with van der Waals surface area (Å²) in [5.41, 5.74) is -1.13. The van der Waals surface area contributed by atoms with E-state index >= 15 is 0 Å². The number of benzene rings is 1. The van der Waals surface area contributed by atoms with Crippen LogP contribution in [0, 0.1) is 5.41 Å². The average molecular weight is 285 g/mol. The highest BCUT2D eigenvalue weighted by atomic mass is 19.4. The molecule has 1 aliphatic heterocycles. The number of ketones is 1. The molecule has 1 atom stereocenters. The highest BCUT2D eigenvalue weighted by molar-refractivity contribution is 6.01. The van der Waals surface area contributed by atoms with E-state index in [-0.39, 0.29) is 31.0 Å². The molecular weight excluding hydrogens is 267 g/mol. The number of carbonyl (C=O) groups excluding carboxylic acids is 1. The van der Waals surface area contributed by atoms with E-state index in [2.05, 4.69) is 5.32 Å². The Morgan fingerprint density at radius 2 is 1.85 bits per heavy atom. The summed E-state index contributed by atoms with van der Waals surface area (Å²) in [6, 6.07) is 6.46. The van der Waals surface area contributed by atoms with Gasteiger partial charge >= 0.3 is 6.18 Å². The van der Waals surface area contributed by atoms with E-state index < -0.39 is 17.4 Å². The molecule has 1 heterocycles. The molecule has 5 heteroatoms. The van der Waals surface area contributed by atoms with Crippen molar-refractivity contribution in [1.82, 2.24) is 5.32 Å². The lowest BCUT2D eigenvalue weighted by atomic mass is 9.78. The Labute approximate surface area is 116 Å². The molecule has 2 rings (SSSR count). The molecule has 110 valence electrons. The summed E-state index contributed by atoms with van der Waals surface area (Å²) in [7, 11) is 0. The number of halogens is 3. The molecule has 0 aliphatic carbocycles. The summed E-state index contributed by atoms with van der Waals surface area (Å²) in [5, 5.41) is 2.66. The van der Waals surface area contributed by atoms with E-state index in [9.17, 15) is 18.0 Å². The van der Waals surface area contributed by atoms with Crippen molar-refractivity contribution in [1.29, 1.82) is 0 Å². The fourth-order valence-corrected chi connectivity index (χ4v) is 2.55. The van der Waals surface area contributed by atoms with Crippen molar-refractivity contribution in [2.24, 2.45) is 5.41 Å². The maximum Gasteiger partial charge on any atom is 0.402 e. The Kier molecular flexibility index (Phi) is 3.91. The molecule has 0 aromatic heterocycles. The Morgan fingerprint density at radius 1 is 1.25 bits per heavy atom. The fourth-order valence-electron chi connectivity index (χ4n) is 2.55. The number of hydrogen-bond acceptors (Lipinski definition) is 2. The van der Waals surface area contributed by atoms with Gasteiger partial charge in [0.2, 0.25) is 0 Å². The van der Waals surface area contributed by atoms with Gasteiger partial charge in [-0.25, -0.2) is 0 Å². The topological polar surface area (TPSA) is 29.1 Å². The van der Waals surface area contributed by atoms with Gasteiger partial charge in [0.25, 0.3) is 0 Å². The summed E-state index contributed by atoms with van der Waals surface area (Å²) in [4.78, 5) is 12.3. The Bertz CT molecular complexity index is 485. The summed E-state index contributed by atoms with van der Waals surface area (Å²) in [6.07, 6.45) is -4.72. The number of alkyl halides is 3. The largest absolute Gasteiger partial charge is 0.402 e. The lowest BCUT2D eigenvalue weighted by Crippen LogP contribution is -2.46. The second-order valence-electron chi connectivity index (χ2n) is 5.61. The van der Waals surface area contributed by atoms with Crippen LogP contribution in [0.15, 0.2) is 24.3 Å². The maximum absolute atomic E-state index is 13.3. The minimum absolute atomic E-state index is 0.135. The Balaban J connectivity index is 2.33. The minimum Gasteiger partial charge on any atom is -0.315 e. The molecule has 1 N–H and O–H groups in total. The third-order valence-corrected chi connectivity index (χ3v) is 3.97. The van der Waals surface area contributed by atoms with Crippen molar-refractivity contribution in [3.63, 3.8) is 0 Å². The molecule has 1 saturated heterocycles. The second kappa shape index (κ2) is 5.20. The SMILES string of the molecule is CC(C)c1ccc(C(=O)C2(C(F)(F)F)CCNC2)cc1. The zero-order valence-corrected chi connectivity index (χ0v) is 11.6. The van der Waals surface area contributed by atoms with Gasteiger partial charge in [0.05, 0.1) is 0 Å². The van der Waals surface area contributed by atoms with Crippen molar-refractivity contribution in [2.75, 3.05) is 13.1 Å². The fraction of sp³-hybridized carbons (Fsp3) is 0.533. The van der Waals surface area contributed by atoms with Gasteiger partial charge in [0.15, 0.2) is 5.78 Å². The van der Waals surface area contributed by atoms with Crippen molar-refractivity contribution in [2.45, 2.75) is 32.4 Å². The van der Waals surface area contributed by atoms with Gasteiger partial charge in [-0.2, -0.15) is 13.2 Å². The summed E-state index contributed by atoms with van der Waals surface area (Å²) < 4.78 is 39.9. The van der Waals surface area contributed by atoms with Crippen molar-refractivity contribution in [3.05, 3.63) is 35.4 Å².